The lowest BCUT2D eigenvalue weighted by atomic mass is 10.0. The summed E-state index contributed by atoms with van der Waals surface area (Å²) in [5.41, 5.74) is -1.50. The molecule has 2 nitrogen and oxygen atoms in total. The number of aromatic carboxylic acids is 1. The van der Waals surface area contributed by atoms with Gasteiger partial charge < -0.3 is 5.11 Å². The van der Waals surface area contributed by atoms with Crippen LogP contribution in [0.3, 0.4) is 0 Å². The molecule has 0 spiro atoms. The number of alkyl halides is 4. The molecule has 0 aliphatic rings. The Bertz CT molecular complexity index is 387. The molecule has 6 heteroatoms. The number of carbonyl (C=O) groups is 1. The Labute approximate surface area is 91.8 Å². The van der Waals surface area contributed by atoms with Crippen LogP contribution < -0.4 is 0 Å². The van der Waals surface area contributed by atoms with Gasteiger partial charge in [0.2, 0.25) is 0 Å². The third-order valence-corrected chi connectivity index (χ3v) is 2.41. The van der Waals surface area contributed by atoms with Gasteiger partial charge in [-0.3, -0.25) is 0 Å². The van der Waals surface area contributed by atoms with E-state index in [0.717, 1.165) is 18.2 Å². The van der Waals surface area contributed by atoms with Crippen LogP contribution in [0.5, 0.6) is 0 Å². The zero-order valence-corrected chi connectivity index (χ0v) is 8.89. The molecule has 0 unspecified atom stereocenters. The molecule has 0 aromatic heterocycles. The SMILES string of the molecule is O=C(O)c1cccc(C(F)(F)F)c1CBr. The minimum Gasteiger partial charge on any atom is -0.478 e. The maximum atomic E-state index is 12.5. The van der Waals surface area contributed by atoms with Crippen molar-refractivity contribution in [1.29, 1.82) is 0 Å². The van der Waals surface area contributed by atoms with Crippen LogP contribution in [0.1, 0.15) is 21.5 Å². The Morgan fingerprint density at radius 1 is 1.40 bits per heavy atom. The van der Waals surface area contributed by atoms with Crippen molar-refractivity contribution in [2.24, 2.45) is 0 Å². The van der Waals surface area contributed by atoms with Crippen LogP contribution in [0.15, 0.2) is 18.2 Å². The van der Waals surface area contributed by atoms with Crippen LogP contribution in [0.2, 0.25) is 0 Å². The van der Waals surface area contributed by atoms with Gasteiger partial charge in [-0.25, -0.2) is 4.79 Å². The number of carboxylic acids is 1. The second kappa shape index (κ2) is 4.22. The summed E-state index contributed by atoms with van der Waals surface area (Å²) in [6, 6.07) is 3.09. The van der Waals surface area contributed by atoms with Crippen LogP contribution >= 0.6 is 15.9 Å². The first kappa shape index (κ1) is 12.0. The van der Waals surface area contributed by atoms with Gasteiger partial charge in [0.1, 0.15) is 0 Å². The van der Waals surface area contributed by atoms with Crippen molar-refractivity contribution in [1.82, 2.24) is 0 Å². The van der Waals surface area contributed by atoms with Crippen LogP contribution in [0.4, 0.5) is 13.2 Å². The molecule has 0 radical (unpaired) electrons. The van der Waals surface area contributed by atoms with Crippen LogP contribution in [-0.4, -0.2) is 11.1 Å². The molecule has 0 saturated carbocycles. The predicted octanol–water partition coefficient (Wildman–Crippen LogP) is 3.30. The molecule has 82 valence electrons. The van der Waals surface area contributed by atoms with E-state index in [2.05, 4.69) is 15.9 Å². The van der Waals surface area contributed by atoms with Crippen LogP contribution in [0.25, 0.3) is 0 Å². The fourth-order valence-electron chi connectivity index (χ4n) is 1.20. The molecule has 0 saturated heterocycles. The van der Waals surface area contributed by atoms with Gasteiger partial charge in [0.25, 0.3) is 0 Å². The topological polar surface area (TPSA) is 37.3 Å². The smallest absolute Gasteiger partial charge is 0.416 e. The van der Waals surface area contributed by atoms with Gasteiger partial charge >= 0.3 is 12.1 Å². The Hall–Kier alpha value is -1.04. The summed E-state index contributed by atoms with van der Waals surface area (Å²) in [5.74, 6) is -1.37. The lowest BCUT2D eigenvalue weighted by molar-refractivity contribution is -0.138. The first-order valence-electron chi connectivity index (χ1n) is 3.86. The third-order valence-electron chi connectivity index (χ3n) is 1.85. The molecule has 1 aromatic rings. The minimum atomic E-state index is -4.53. The number of rotatable bonds is 2. The monoisotopic (exact) mass is 282 g/mol. The van der Waals surface area contributed by atoms with Crippen molar-refractivity contribution < 1.29 is 23.1 Å². The maximum Gasteiger partial charge on any atom is 0.416 e. The molecule has 0 bridgehead atoms. The van der Waals surface area contributed by atoms with Gasteiger partial charge in [-0.15, -0.1) is 0 Å². The molecule has 0 aliphatic carbocycles. The van der Waals surface area contributed by atoms with E-state index in [1.807, 2.05) is 0 Å². The zero-order valence-electron chi connectivity index (χ0n) is 7.31. The molecule has 0 aliphatic heterocycles. The van der Waals surface area contributed by atoms with Crippen molar-refractivity contribution >= 4 is 21.9 Å². The van der Waals surface area contributed by atoms with Crippen molar-refractivity contribution in [3.63, 3.8) is 0 Å². The van der Waals surface area contributed by atoms with Crippen molar-refractivity contribution in [3.8, 4) is 0 Å². The molecule has 1 aromatic carbocycles. The second-order valence-electron chi connectivity index (χ2n) is 2.77. The van der Waals surface area contributed by atoms with Gasteiger partial charge in [0, 0.05) is 5.33 Å². The molecule has 15 heavy (non-hydrogen) atoms. The second-order valence-corrected chi connectivity index (χ2v) is 3.33. The summed E-state index contributed by atoms with van der Waals surface area (Å²) in [7, 11) is 0. The standard InChI is InChI=1S/C9H6BrF3O2/c10-4-6-5(8(14)15)2-1-3-7(6)9(11,12)13/h1-3H,4H2,(H,14,15). The van der Waals surface area contributed by atoms with Crippen molar-refractivity contribution in [3.05, 3.63) is 34.9 Å². The van der Waals surface area contributed by atoms with Gasteiger partial charge in [-0.1, -0.05) is 22.0 Å². The fraction of sp³-hybridized carbons (Fsp3) is 0.222. The van der Waals surface area contributed by atoms with Gasteiger partial charge in [-0.2, -0.15) is 13.2 Å². The quantitative estimate of drug-likeness (QED) is 0.845. The first-order valence-corrected chi connectivity index (χ1v) is 4.98. The molecular formula is C9H6BrF3O2. The largest absolute Gasteiger partial charge is 0.478 e. The Kier molecular flexibility index (Phi) is 3.38. The number of hydrogen-bond acceptors (Lipinski definition) is 1. The fourth-order valence-corrected chi connectivity index (χ4v) is 1.80. The number of carboxylic acid groups (broad SMARTS) is 1. The van der Waals surface area contributed by atoms with Gasteiger partial charge in [0.05, 0.1) is 11.1 Å². The van der Waals surface area contributed by atoms with Gasteiger partial charge in [0.15, 0.2) is 0 Å². The Balaban J connectivity index is 3.42. The summed E-state index contributed by atoms with van der Waals surface area (Å²) in [4.78, 5) is 10.7. The summed E-state index contributed by atoms with van der Waals surface area (Å²) < 4.78 is 37.4. The summed E-state index contributed by atoms with van der Waals surface area (Å²) in [6.45, 7) is 0. The molecular weight excluding hydrogens is 277 g/mol. The zero-order chi connectivity index (χ0) is 11.6. The lowest BCUT2D eigenvalue weighted by Crippen LogP contribution is -2.12. The normalized spacial score (nSPS) is 11.5. The van der Waals surface area contributed by atoms with Crippen LogP contribution in [0, 0.1) is 0 Å². The molecule has 0 heterocycles. The van der Waals surface area contributed by atoms with E-state index in [0.29, 0.717) is 0 Å². The molecule has 1 rings (SSSR count). The van der Waals surface area contributed by atoms with E-state index in [9.17, 15) is 18.0 Å². The highest BCUT2D eigenvalue weighted by molar-refractivity contribution is 9.08. The molecule has 0 amide bonds. The molecule has 1 N–H and O–H groups in total. The van der Waals surface area contributed by atoms with Crippen molar-refractivity contribution in [2.75, 3.05) is 0 Å². The highest BCUT2D eigenvalue weighted by Gasteiger charge is 2.34. The highest BCUT2D eigenvalue weighted by atomic mass is 79.9. The predicted molar refractivity (Wildman–Crippen MR) is 51.0 cm³/mol. The Morgan fingerprint density at radius 3 is 2.40 bits per heavy atom. The average Bonchev–Trinajstić information content (AvgIpc) is 2.15. The lowest BCUT2D eigenvalue weighted by Gasteiger charge is -2.12. The number of halogens is 4. The molecule has 0 atom stereocenters. The highest BCUT2D eigenvalue weighted by Crippen LogP contribution is 2.34. The number of benzene rings is 1. The summed E-state index contributed by atoms with van der Waals surface area (Å²) in [6.07, 6.45) is -4.53. The number of hydrogen-bond donors (Lipinski definition) is 1. The van der Waals surface area contributed by atoms with E-state index in [1.165, 1.54) is 0 Å². The minimum absolute atomic E-state index is 0.148. The van der Waals surface area contributed by atoms with E-state index in [-0.39, 0.29) is 16.5 Å². The maximum absolute atomic E-state index is 12.5. The van der Waals surface area contributed by atoms with E-state index >= 15 is 0 Å². The van der Waals surface area contributed by atoms with E-state index < -0.39 is 17.7 Å². The summed E-state index contributed by atoms with van der Waals surface area (Å²) >= 11 is 2.86. The summed E-state index contributed by atoms with van der Waals surface area (Å²) in [5, 5.41) is 8.55. The van der Waals surface area contributed by atoms with Crippen LogP contribution in [-0.2, 0) is 11.5 Å². The van der Waals surface area contributed by atoms with E-state index in [1.54, 1.807) is 0 Å². The van der Waals surface area contributed by atoms with Crippen molar-refractivity contribution in [2.45, 2.75) is 11.5 Å². The van der Waals surface area contributed by atoms with E-state index in [4.69, 9.17) is 5.11 Å². The third kappa shape index (κ3) is 2.50. The van der Waals surface area contributed by atoms with Gasteiger partial charge in [-0.05, 0) is 17.7 Å². The Morgan fingerprint density at radius 2 is 2.00 bits per heavy atom. The average molecular weight is 283 g/mol. The first-order chi connectivity index (χ1) is 6.88. The molecule has 0 fully saturated rings.